The number of aromatic amines is 1. The lowest BCUT2D eigenvalue weighted by atomic mass is 10.2. The average molecular weight is 259 g/mol. The van der Waals surface area contributed by atoms with E-state index in [-0.39, 0.29) is 5.56 Å². The normalized spacial score (nSPS) is 10.6. The first-order valence-corrected chi connectivity index (χ1v) is 4.82. The fourth-order valence-electron chi connectivity index (χ4n) is 1.20. The highest BCUT2D eigenvalue weighted by Crippen LogP contribution is 2.23. The van der Waals surface area contributed by atoms with E-state index in [2.05, 4.69) is 20.9 Å². The van der Waals surface area contributed by atoms with Crippen LogP contribution in [-0.4, -0.2) is 4.98 Å². The molecule has 0 spiro atoms. The number of pyridine rings is 1. The summed E-state index contributed by atoms with van der Waals surface area (Å²) in [6.07, 6.45) is 1.61. The molecule has 1 aromatic heterocycles. The quantitative estimate of drug-likeness (QED) is 0.774. The van der Waals surface area contributed by atoms with Crippen molar-refractivity contribution < 1.29 is 0 Å². The average Bonchev–Trinajstić information content (AvgIpc) is 2.12. The maximum atomic E-state index is 11.3. The topological polar surface area (TPSA) is 32.9 Å². The first kappa shape index (κ1) is 8.78. The van der Waals surface area contributed by atoms with Gasteiger partial charge in [0.15, 0.2) is 0 Å². The summed E-state index contributed by atoms with van der Waals surface area (Å²) in [5.74, 6) is 0. The van der Waals surface area contributed by atoms with Crippen LogP contribution in [0.2, 0.25) is 5.02 Å². The SMILES string of the molecule is O=c1[nH]cc(Br)c2cc(Cl)ccc12. The number of hydrogen-bond donors (Lipinski definition) is 1. The molecule has 0 atom stereocenters. The van der Waals surface area contributed by atoms with Crippen LogP contribution in [0.15, 0.2) is 33.7 Å². The highest BCUT2D eigenvalue weighted by atomic mass is 79.9. The highest BCUT2D eigenvalue weighted by Gasteiger charge is 2.02. The number of rotatable bonds is 0. The van der Waals surface area contributed by atoms with E-state index in [1.54, 1.807) is 24.4 Å². The second-order valence-electron chi connectivity index (χ2n) is 2.66. The van der Waals surface area contributed by atoms with Gasteiger partial charge in [-0.15, -0.1) is 0 Å². The summed E-state index contributed by atoms with van der Waals surface area (Å²) >= 11 is 9.15. The zero-order valence-corrected chi connectivity index (χ0v) is 8.82. The molecule has 0 saturated heterocycles. The van der Waals surface area contributed by atoms with Crippen LogP contribution >= 0.6 is 27.5 Å². The van der Waals surface area contributed by atoms with Gasteiger partial charge in [-0.1, -0.05) is 11.6 Å². The van der Waals surface area contributed by atoms with Crippen LogP contribution in [0.5, 0.6) is 0 Å². The third kappa shape index (κ3) is 1.49. The van der Waals surface area contributed by atoms with Gasteiger partial charge < -0.3 is 4.98 Å². The lowest BCUT2D eigenvalue weighted by Gasteiger charge is -1.99. The van der Waals surface area contributed by atoms with Crippen molar-refractivity contribution in [3.8, 4) is 0 Å². The number of halogens is 2. The van der Waals surface area contributed by atoms with Crippen molar-refractivity contribution in [2.24, 2.45) is 0 Å². The lowest BCUT2D eigenvalue weighted by molar-refractivity contribution is 1.26. The predicted octanol–water partition coefficient (Wildman–Crippen LogP) is 2.94. The van der Waals surface area contributed by atoms with Crippen molar-refractivity contribution in [2.45, 2.75) is 0 Å². The molecule has 0 aliphatic heterocycles. The number of benzene rings is 1. The minimum atomic E-state index is -0.102. The van der Waals surface area contributed by atoms with Crippen molar-refractivity contribution in [3.63, 3.8) is 0 Å². The van der Waals surface area contributed by atoms with E-state index >= 15 is 0 Å². The molecule has 0 aliphatic carbocycles. The summed E-state index contributed by atoms with van der Waals surface area (Å²) in [6, 6.07) is 5.17. The zero-order chi connectivity index (χ0) is 9.42. The molecule has 1 N–H and O–H groups in total. The molecule has 13 heavy (non-hydrogen) atoms. The molecule has 0 fully saturated rings. The Bertz CT molecular complexity index is 520. The maximum Gasteiger partial charge on any atom is 0.255 e. The van der Waals surface area contributed by atoms with Gasteiger partial charge in [0.2, 0.25) is 0 Å². The lowest BCUT2D eigenvalue weighted by Crippen LogP contribution is -2.04. The number of H-pyrrole nitrogens is 1. The number of aromatic nitrogens is 1. The molecule has 4 heteroatoms. The molecule has 0 aliphatic rings. The zero-order valence-electron chi connectivity index (χ0n) is 6.47. The van der Waals surface area contributed by atoms with Crippen LogP contribution in [0.3, 0.4) is 0 Å². The Kier molecular flexibility index (Phi) is 2.14. The number of hydrogen-bond acceptors (Lipinski definition) is 1. The van der Waals surface area contributed by atoms with Gasteiger partial charge in [-0.25, -0.2) is 0 Å². The molecular weight excluding hydrogens is 253 g/mol. The van der Waals surface area contributed by atoms with E-state index in [1.807, 2.05) is 0 Å². The van der Waals surface area contributed by atoms with Crippen LogP contribution in [0.4, 0.5) is 0 Å². The number of fused-ring (bicyclic) bond motifs is 1. The fourth-order valence-corrected chi connectivity index (χ4v) is 1.81. The summed E-state index contributed by atoms with van der Waals surface area (Å²) in [7, 11) is 0. The summed E-state index contributed by atoms with van der Waals surface area (Å²) in [6.45, 7) is 0. The van der Waals surface area contributed by atoms with Gasteiger partial charge in [0.05, 0.1) is 0 Å². The molecule has 0 saturated carbocycles. The van der Waals surface area contributed by atoms with Crippen molar-refractivity contribution in [2.75, 3.05) is 0 Å². The molecule has 2 rings (SSSR count). The Morgan fingerprint density at radius 2 is 2.08 bits per heavy atom. The molecule has 1 heterocycles. The summed E-state index contributed by atoms with van der Waals surface area (Å²) in [5.41, 5.74) is -0.102. The third-order valence-electron chi connectivity index (χ3n) is 1.81. The van der Waals surface area contributed by atoms with Crippen molar-refractivity contribution in [3.05, 3.63) is 44.2 Å². The van der Waals surface area contributed by atoms with Crippen molar-refractivity contribution in [1.82, 2.24) is 4.98 Å². The monoisotopic (exact) mass is 257 g/mol. The van der Waals surface area contributed by atoms with Gasteiger partial charge in [0.25, 0.3) is 5.56 Å². The van der Waals surface area contributed by atoms with E-state index in [1.165, 1.54) is 0 Å². The second-order valence-corrected chi connectivity index (χ2v) is 3.95. The summed E-state index contributed by atoms with van der Waals surface area (Å²) in [4.78, 5) is 13.9. The molecule has 2 nitrogen and oxygen atoms in total. The van der Waals surface area contributed by atoms with Crippen molar-refractivity contribution in [1.29, 1.82) is 0 Å². The standard InChI is InChI=1S/C9H5BrClNO/c10-8-4-12-9(13)6-2-1-5(11)3-7(6)8/h1-4H,(H,12,13). The minimum Gasteiger partial charge on any atom is -0.327 e. The Hall–Kier alpha value is -0.800. The second kappa shape index (κ2) is 3.16. The largest absolute Gasteiger partial charge is 0.327 e. The Labute approximate surface area is 87.7 Å². The smallest absolute Gasteiger partial charge is 0.255 e. The van der Waals surface area contributed by atoms with Gasteiger partial charge in [-0.3, -0.25) is 4.79 Å². The molecular formula is C9H5BrClNO. The van der Waals surface area contributed by atoms with E-state index in [4.69, 9.17) is 11.6 Å². The molecule has 0 amide bonds. The fraction of sp³-hybridized carbons (Fsp3) is 0. The third-order valence-corrected chi connectivity index (χ3v) is 2.70. The van der Waals surface area contributed by atoms with E-state index in [0.29, 0.717) is 10.4 Å². The van der Waals surface area contributed by atoms with Crippen LogP contribution in [0.1, 0.15) is 0 Å². The molecule has 1 aromatic carbocycles. The first-order valence-electron chi connectivity index (χ1n) is 3.65. The summed E-state index contributed by atoms with van der Waals surface area (Å²) in [5, 5.41) is 2.09. The van der Waals surface area contributed by atoms with Gasteiger partial charge in [-0.05, 0) is 34.1 Å². The Balaban J connectivity index is 3.01. The Morgan fingerprint density at radius 1 is 1.31 bits per heavy atom. The van der Waals surface area contributed by atoms with E-state index in [0.717, 1.165) is 9.86 Å². The van der Waals surface area contributed by atoms with E-state index < -0.39 is 0 Å². The summed E-state index contributed by atoms with van der Waals surface area (Å²) < 4.78 is 0.838. The van der Waals surface area contributed by atoms with Crippen LogP contribution in [0, 0.1) is 0 Å². The number of nitrogens with one attached hydrogen (secondary N) is 1. The minimum absolute atomic E-state index is 0.102. The van der Waals surface area contributed by atoms with Gasteiger partial charge in [0.1, 0.15) is 0 Å². The molecule has 0 bridgehead atoms. The first-order chi connectivity index (χ1) is 6.18. The highest BCUT2D eigenvalue weighted by molar-refractivity contribution is 9.10. The molecule has 66 valence electrons. The molecule has 0 radical (unpaired) electrons. The molecule has 0 unspecified atom stereocenters. The maximum absolute atomic E-state index is 11.3. The van der Waals surface area contributed by atoms with Gasteiger partial charge in [0, 0.05) is 26.5 Å². The van der Waals surface area contributed by atoms with Crippen LogP contribution in [0.25, 0.3) is 10.8 Å². The van der Waals surface area contributed by atoms with Crippen LogP contribution in [-0.2, 0) is 0 Å². The van der Waals surface area contributed by atoms with Gasteiger partial charge in [-0.2, -0.15) is 0 Å². The van der Waals surface area contributed by atoms with Gasteiger partial charge >= 0.3 is 0 Å². The van der Waals surface area contributed by atoms with Crippen LogP contribution < -0.4 is 5.56 Å². The van der Waals surface area contributed by atoms with E-state index in [9.17, 15) is 4.79 Å². The molecule has 2 aromatic rings. The van der Waals surface area contributed by atoms with Crippen molar-refractivity contribution >= 4 is 38.3 Å². The Morgan fingerprint density at radius 3 is 2.85 bits per heavy atom. The predicted molar refractivity (Wildman–Crippen MR) is 57.3 cm³/mol.